The summed E-state index contributed by atoms with van der Waals surface area (Å²) in [7, 11) is 0. The number of likely N-dealkylation sites (tertiary alicyclic amines) is 1. The Morgan fingerprint density at radius 2 is 1.64 bits per heavy atom. The van der Waals surface area contributed by atoms with Crippen LogP contribution in [0.3, 0.4) is 0 Å². The molecule has 7 nitrogen and oxygen atoms in total. The summed E-state index contributed by atoms with van der Waals surface area (Å²) < 4.78 is 2.30. The number of carbonyl (C=O) groups is 2. The molecule has 2 atom stereocenters. The molecule has 0 spiro atoms. The molecule has 1 aliphatic heterocycles. The Morgan fingerprint density at radius 1 is 1.04 bits per heavy atom. The van der Waals surface area contributed by atoms with Gasteiger partial charge in [-0.2, -0.15) is 0 Å². The maximum atomic E-state index is 9.55. The van der Waals surface area contributed by atoms with Crippen molar-refractivity contribution in [1.29, 1.82) is 0 Å². The van der Waals surface area contributed by atoms with Gasteiger partial charge < -0.3 is 20.5 Å². The number of carboxylic acids is 2. The zero-order chi connectivity index (χ0) is 20.4. The molecule has 3 rings (SSSR count). The highest BCUT2D eigenvalue weighted by molar-refractivity contribution is 5.89. The molecule has 0 bridgehead atoms. The first-order valence-corrected chi connectivity index (χ1v) is 9.25. The van der Waals surface area contributed by atoms with Gasteiger partial charge >= 0.3 is 11.9 Å². The van der Waals surface area contributed by atoms with Crippen molar-refractivity contribution in [3.63, 3.8) is 0 Å². The van der Waals surface area contributed by atoms with Gasteiger partial charge in [-0.15, -0.1) is 0 Å². The Morgan fingerprint density at radius 3 is 2.18 bits per heavy atom. The zero-order valence-corrected chi connectivity index (χ0v) is 15.7. The second kappa shape index (κ2) is 11.1. The number of nitrogens with two attached hydrogens (primary N) is 1. The van der Waals surface area contributed by atoms with Crippen LogP contribution in [0.15, 0.2) is 67.0 Å². The minimum Gasteiger partial charge on any atom is -0.478 e. The molecule has 7 heteroatoms. The third-order valence-electron chi connectivity index (χ3n) is 4.68. The van der Waals surface area contributed by atoms with Crippen LogP contribution < -0.4 is 5.73 Å². The summed E-state index contributed by atoms with van der Waals surface area (Å²) in [5.41, 5.74) is 7.75. The van der Waals surface area contributed by atoms with Crippen molar-refractivity contribution in [3.8, 4) is 0 Å². The minimum atomic E-state index is -1.26. The van der Waals surface area contributed by atoms with Gasteiger partial charge in [-0.1, -0.05) is 30.3 Å². The number of aromatic nitrogens is 1. The van der Waals surface area contributed by atoms with E-state index in [1.165, 1.54) is 12.0 Å². The molecule has 2 aromatic rings. The van der Waals surface area contributed by atoms with Crippen molar-refractivity contribution in [2.75, 3.05) is 13.1 Å². The Bertz CT molecular complexity index is 743. The highest BCUT2D eigenvalue weighted by atomic mass is 16.4. The summed E-state index contributed by atoms with van der Waals surface area (Å²) in [5.74, 6) is -2.51. The van der Waals surface area contributed by atoms with Gasteiger partial charge in [-0.25, -0.2) is 9.59 Å². The summed E-state index contributed by atoms with van der Waals surface area (Å²) in [6, 6.07) is 15.4. The molecule has 1 aromatic carbocycles. The quantitative estimate of drug-likeness (QED) is 0.659. The molecule has 1 saturated heterocycles. The number of piperidine rings is 1. The lowest BCUT2D eigenvalue weighted by Gasteiger charge is -2.38. The van der Waals surface area contributed by atoms with Gasteiger partial charge in [0.05, 0.1) is 6.17 Å². The van der Waals surface area contributed by atoms with Gasteiger partial charge in [0, 0.05) is 43.7 Å². The lowest BCUT2D eigenvalue weighted by molar-refractivity contribution is -0.134. The van der Waals surface area contributed by atoms with Crippen molar-refractivity contribution in [3.05, 3.63) is 72.6 Å². The lowest BCUT2D eigenvalue weighted by atomic mass is 10.0. The van der Waals surface area contributed by atoms with Crippen LogP contribution in [-0.2, 0) is 16.0 Å². The van der Waals surface area contributed by atoms with E-state index in [9.17, 15) is 9.59 Å². The maximum Gasteiger partial charge on any atom is 0.328 e. The van der Waals surface area contributed by atoms with Crippen LogP contribution >= 0.6 is 0 Å². The number of nitrogens with zero attached hydrogens (tertiary/aromatic N) is 2. The van der Waals surface area contributed by atoms with Crippen LogP contribution in [0.5, 0.6) is 0 Å². The molecule has 1 fully saturated rings. The van der Waals surface area contributed by atoms with Crippen molar-refractivity contribution >= 4 is 11.9 Å². The first-order chi connectivity index (χ1) is 13.5. The van der Waals surface area contributed by atoms with Crippen LogP contribution in [-0.4, -0.2) is 50.9 Å². The van der Waals surface area contributed by atoms with E-state index < -0.39 is 11.9 Å². The van der Waals surface area contributed by atoms with Crippen LogP contribution in [0.1, 0.15) is 24.4 Å². The van der Waals surface area contributed by atoms with Crippen LogP contribution in [0.25, 0.3) is 0 Å². The van der Waals surface area contributed by atoms with E-state index in [-0.39, 0.29) is 6.17 Å². The molecular weight excluding hydrogens is 358 g/mol. The third kappa shape index (κ3) is 7.38. The number of rotatable bonds is 6. The van der Waals surface area contributed by atoms with E-state index in [2.05, 4.69) is 64.3 Å². The second-order valence-corrected chi connectivity index (χ2v) is 6.66. The summed E-state index contributed by atoms with van der Waals surface area (Å²) in [4.78, 5) is 21.5. The Labute approximate surface area is 164 Å². The Balaban J connectivity index is 0.000000300. The molecule has 28 heavy (non-hydrogen) atoms. The molecule has 150 valence electrons. The number of carboxylic acid groups (broad SMARTS) is 2. The summed E-state index contributed by atoms with van der Waals surface area (Å²) in [6.07, 6.45) is 8.92. The van der Waals surface area contributed by atoms with Gasteiger partial charge in [-0.3, -0.25) is 4.90 Å². The van der Waals surface area contributed by atoms with Crippen molar-refractivity contribution < 1.29 is 19.8 Å². The molecule has 2 heterocycles. The minimum absolute atomic E-state index is 0.180. The van der Waals surface area contributed by atoms with E-state index in [1.54, 1.807) is 0 Å². The molecule has 0 saturated carbocycles. The fraction of sp³-hybridized carbons (Fsp3) is 0.333. The molecule has 0 radical (unpaired) electrons. The molecule has 1 aliphatic rings. The van der Waals surface area contributed by atoms with Crippen molar-refractivity contribution in [1.82, 2.24) is 9.47 Å². The predicted octanol–water partition coefficient (Wildman–Crippen LogP) is 2.36. The highest BCUT2D eigenvalue weighted by Gasteiger charge is 2.25. The third-order valence-corrected chi connectivity index (χ3v) is 4.68. The smallest absolute Gasteiger partial charge is 0.328 e. The Kier molecular flexibility index (Phi) is 8.45. The highest BCUT2D eigenvalue weighted by Crippen LogP contribution is 2.25. The lowest BCUT2D eigenvalue weighted by Crippen LogP contribution is -2.48. The largest absolute Gasteiger partial charge is 0.478 e. The normalized spacial score (nSPS) is 19.8. The molecule has 1 aromatic heterocycles. The average Bonchev–Trinajstić information content (AvgIpc) is 3.21. The summed E-state index contributed by atoms with van der Waals surface area (Å²) in [6.45, 7) is 2.15. The number of hydrogen-bond acceptors (Lipinski definition) is 4. The van der Waals surface area contributed by atoms with Gasteiger partial charge in [0.2, 0.25) is 0 Å². The van der Waals surface area contributed by atoms with E-state index in [0.29, 0.717) is 18.2 Å². The molecule has 0 amide bonds. The SMILES string of the molecule is NC1CC(n2cccc2)CCN1CCc1ccccc1.O=C(O)C=CC(=O)O. The zero-order valence-electron chi connectivity index (χ0n) is 15.7. The molecular formula is C21H27N3O4. The summed E-state index contributed by atoms with van der Waals surface area (Å²) in [5, 5.41) is 15.6. The number of benzene rings is 1. The van der Waals surface area contributed by atoms with E-state index >= 15 is 0 Å². The van der Waals surface area contributed by atoms with Gasteiger partial charge in [0.15, 0.2) is 0 Å². The number of aliphatic carboxylic acids is 2. The van der Waals surface area contributed by atoms with Crippen molar-refractivity contribution in [2.45, 2.75) is 31.5 Å². The van der Waals surface area contributed by atoms with Crippen LogP contribution in [0.4, 0.5) is 0 Å². The monoisotopic (exact) mass is 385 g/mol. The van der Waals surface area contributed by atoms with Crippen LogP contribution in [0, 0.1) is 0 Å². The molecule has 2 unspecified atom stereocenters. The van der Waals surface area contributed by atoms with Crippen molar-refractivity contribution in [2.24, 2.45) is 5.73 Å². The average molecular weight is 385 g/mol. The molecule has 0 aliphatic carbocycles. The van der Waals surface area contributed by atoms with E-state index in [4.69, 9.17) is 15.9 Å². The molecule has 4 N–H and O–H groups in total. The van der Waals surface area contributed by atoms with E-state index in [1.807, 2.05) is 0 Å². The summed E-state index contributed by atoms with van der Waals surface area (Å²) >= 11 is 0. The number of hydrogen-bond donors (Lipinski definition) is 3. The first-order valence-electron chi connectivity index (χ1n) is 9.25. The van der Waals surface area contributed by atoms with Gasteiger partial charge in [0.1, 0.15) is 0 Å². The predicted molar refractivity (Wildman–Crippen MR) is 107 cm³/mol. The van der Waals surface area contributed by atoms with Gasteiger partial charge in [-0.05, 0) is 37.0 Å². The standard InChI is InChI=1S/C17H23N3.C4H4O4/c18-17-14-16(19-10-4-5-11-19)9-13-20(17)12-8-15-6-2-1-3-7-15;5-3(6)1-2-4(7)8/h1-7,10-11,16-17H,8-9,12-14,18H2;1-2H,(H,5,6)(H,7,8). The first kappa shape index (κ1) is 21.4. The topological polar surface area (TPSA) is 109 Å². The van der Waals surface area contributed by atoms with Crippen LogP contribution in [0.2, 0.25) is 0 Å². The van der Waals surface area contributed by atoms with E-state index in [0.717, 1.165) is 25.9 Å². The van der Waals surface area contributed by atoms with Gasteiger partial charge in [0.25, 0.3) is 0 Å². The fourth-order valence-electron chi connectivity index (χ4n) is 3.23. The Hall–Kier alpha value is -2.90. The fourth-order valence-corrected chi connectivity index (χ4v) is 3.23. The maximum absolute atomic E-state index is 9.55. The second-order valence-electron chi connectivity index (χ2n) is 6.66.